The van der Waals surface area contributed by atoms with Crippen molar-refractivity contribution >= 4 is 29.0 Å². The molecule has 22 heavy (non-hydrogen) atoms. The van der Waals surface area contributed by atoms with Gasteiger partial charge in [-0.1, -0.05) is 31.7 Å². The summed E-state index contributed by atoms with van der Waals surface area (Å²) in [5, 5.41) is 10.1. The van der Waals surface area contributed by atoms with Gasteiger partial charge in [0.25, 0.3) is 0 Å². The molecule has 0 radical (unpaired) electrons. The molecule has 0 saturated heterocycles. The quantitative estimate of drug-likeness (QED) is 0.517. The summed E-state index contributed by atoms with van der Waals surface area (Å²) in [4.78, 5) is 15.0. The Morgan fingerprint density at radius 2 is 2.18 bits per heavy atom. The van der Waals surface area contributed by atoms with Crippen LogP contribution < -0.4 is 0 Å². The minimum atomic E-state index is -0.599. The maximum absolute atomic E-state index is 11.7. The number of rotatable bonds is 5. The van der Waals surface area contributed by atoms with Gasteiger partial charge in [-0.15, -0.1) is 0 Å². The summed E-state index contributed by atoms with van der Waals surface area (Å²) in [6.07, 6.45) is 6.05. The van der Waals surface area contributed by atoms with E-state index in [0.717, 1.165) is 28.5 Å². The topological polar surface area (TPSA) is 65.9 Å². The van der Waals surface area contributed by atoms with Crippen molar-refractivity contribution in [1.82, 2.24) is 4.98 Å². The number of hydrogen-bond donors (Lipinski definition) is 1. The number of ether oxygens (including phenoxy) is 1. The summed E-state index contributed by atoms with van der Waals surface area (Å²) in [7, 11) is 0. The van der Waals surface area contributed by atoms with Crippen LogP contribution in [0.2, 0.25) is 0 Å². The summed E-state index contributed by atoms with van der Waals surface area (Å²) in [6, 6.07) is 5.86. The lowest BCUT2D eigenvalue weighted by molar-refractivity contribution is -0.137. The maximum Gasteiger partial charge on any atom is 0.348 e. The van der Waals surface area contributed by atoms with Crippen molar-refractivity contribution in [1.29, 1.82) is 5.26 Å². The predicted molar refractivity (Wildman–Crippen MR) is 88.0 cm³/mol. The Morgan fingerprint density at radius 3 is 2.77 bits per heavy atom. The van der Waals surface area contributed by atoms with Crippen molar-refractivity contribution in [3.05, 3.63) is 47.2 Å². The molecular weight excluding hydrogens is 276 g/mol. The normalized spacial score (nSPS) is 11.2. The highest BCUT2D eigenvalue weighted by Gasteiger charge is 2.13. The third-order valence-electron chi connectivity index (χ3n) is 3.52. The van der Waals surface area contributed by atoms with E-state index in [1.54, 1.807) is 19.2 Å². The van der Waals surface area contributed by atoms with Gasteiger partial charge in [0.05, 0.1) is 6.61 Å². The molecule has 0 saturated carbocycles. The highest BCUT2D eigenvalue weighted by molar-refractivity contribution is 6.01. The fourth-order valence-corrected chi connectivity index (χ4v) is 2.49. The van der Waals surface area contributed by atoms with Gasteiger partial charge in [0.15, 0.2) is 0 Å². The number of esters is 1. The molecule has 0 amide bonds. The Morgan fingerprint density at radius 1 is 1.41 bits per heavy atom. The molecule has 2 aromatic rings. The van der Waals surface area contributed by atoms with Gasteiger partial charge < -0.3 is 9.72 Å². The fourth-order valence-electron chi connectivity index (χ4n) is 2.49. The predicted octanol–water partition coefficient (Wildman–Crippen LogP) is 3.84. The molecule has 0 unspecified atom stereocenters. The first-order chi connectivity index (χ1) is 10.7. The zero-order valence-corrected chi connectivity index (χ0v) is 12.8. The molecule has 4 nitrogen and oxygen atoms in total. The van der Waals surface area contributed by atoms with Crippen molar-refractivity contribution in [2.24, 2.45) is 0 Å². The number of carbonyl (C=O) groups is 1. The van der Waals surface area contributed by atoms with E-state index in [9.17, 15) is 4.79 Å². The minimum absolute atomic E-state index is 0.00593. The standard InChI is InChI=1S/C18H18N2O2/c1-4-12-7-8-16-14(11-20-17(16)15(12)5-2)9-13(10-19)18(21)22-6-3/h4,7-9,11,20H,1,5-6H2,2-3H3/b13-9+. The van der Waals surface area contributed by atoms with Crippen molar-refractivity contribution < 1.29 is 9.53 Å². The van der Waals surface area contributed by atoms with Crippen LogP contribution in [0.5, 0.6) is 0 Å². The van der Waals surface area contributed by atoms with Crippen LogP contribution in [0, 0.1) is 11.3 Å². The molecule has 112 valence electrons. The van der Waals surface area contributed by atoms with Crippen molar-refractivity contribution in [3.63, 3.8) is 0 Å². The van der Waals surface area contributed by atoms with E-state index >= 15 is 0 Å². The molecule has 0 aliphatic rings. The van der Waals surface area contributed by atoms with Crippen LogP contribution in [-0.4, -0.2) is 17.6 Å². The number of aryl methyl sites for hydroxylation is 1. The Hall–Kier alpha value is -2.80. The smallest absolute Gasteiger partial charge is 0.348 e. The lowest BCUT2D eigenvalue weighted by Crippen LogP contribution is -2.05. The van der Waals surface area contributed by atoms with E-state index in [2.05, 4.69) is 18.5 Å². The van der Waals surface area contributed by atoms with E-state index in [1.165, 1.54) is 5.56 Å². The molecule has 0 bridgehead atoms. The monoisotopic (exact) mass is 294 g/mol. The van der Waals surface area contributed by atoms with Crippen LogP contribution in [0.1, 0.15) is 30.5 Å². The van der Waals surface area contributed by atoms with E-state index in [-0.39, 0.29) is 12.2 Å². The number of nitriles is 1. The molecule has 1 heterocycles. The molecule has 0 spiro atoms. The number of aromatic amines is 1. The first-order valence-corrected chi connectivity index (χ1v) is 7.20. The van der Waals surface area contributed by atoms with Gasteiger partial charge in [-0.3, -0.25) is 0 Å². The van der Waals surface area contributed by atoms with E-state index in [1.807, 2.05) is 24.3 Å². The third-order valence-corrected chi connectivity index (χ3v) is 3.52. The number of nitrogens with one attached hydrogen (secondary N) is 1. The molecule has 1 aromatic carbocycles. The summed E-state index contributed by atoms with van der Waals surface area (Å²) in [6.45, 7) is 7.86. The molecule has 2 rings (SSSR count). The SMILES string of the molecule is C=Cc1ccc2c(/C=C(\C#N)C(=O)OCC)c[nH]c2c1CC. The highest BCUT2D eigenvalue weighted by atomic mass is 16.5. The van der Waals surface area contributed by atoms with Crippen LogP contribution in [0.3, 0.4) is 0 Å². The molecule has 0 fully saturated rings. The molecule has 0 aliphatic carbocycles. The van der Waals surface area contributed by atoms with E-state index in [4.69, 9.17) is 10.00 Å². The number of nitrogens with zero attached hydrogens (tertiary/aromatic N) is 1. The van der Waals surface area contributed by atoms with Gasteiger partial charge in [-0.2, -0.15) is 5.26 Å². The Kier molecular flexibility index (Phi) is 4.80. The highest BCUT2D eigenvalue weighted by Crippen LogP contribution is 2.27. The molecule has 0 atom stereocenters. The molecule has 1 N–H and O–H groups in total. The third kappa shape index (κ3) is 2.79. The van der Waals surface area contributed by atoms with Crippen molar-refractivity contribution in [2.75, 3.05) is 6.61 Å². The average molecular weight is 294 g/mol. The molecule has 1 aromatic heterocycles. The number of hydrogen-bond acceptors (Lipinski definition) is 3. The first-order valence-electron chi connectivity index (χ1n) is 7.20. The Balaban J connectivity index is 2.56. The lowest BCUT2D eigenvalue weighted by Gasteiger charge is -2.05. The summed E-state index contributed by atoms with van der Waals surface area (Å²) in [5.41, 5.74) is 4.05. The summed E-state index contributed by atoms with van der Waals surface area (Å²) in [5.74, 6) is -0.599. The maximum atomic E-state index is 11.7. The molecule has 4 heteroatoms. The van der Waals surface area contributed by atoms with Crippen LogP contribution in [0.4, 0.5) is 0 Å². The van der Waals surface area contributed by atoms with Gasteiger partial charge in [0.2, 0.25) is 0 Å². The van der Waals surface area contributed by atoms with Gasteiger partial charge in [0, 0.05) is 22.7 Å². The lowest BCUT2D eigenvalue weighted by atomic mass is 10.00. The first kappa shape index (κ1) is 15.6. The van der Waals surface area contributed by atoms with Crippen molar-refractivity contribution in [3.8, 4) is 6.07 Å². The second-order valence-corrected chi connectivity index (χ2v) is 4.75. The largest absolute Gasteiger partial charge is 0.462 e. The summed E-state index contributed by atoms with van der Waals surface area (Å²) < 4.78 is 4.88. The number of H-pyrrole nitrogens is 1. The zero-order valence-electron chi connectivity index (χ0n) is 12.8. The van der Waals surface area contributed by atoms with Gasteiger partial charge in [0.1, 0.15) is 11.6 Å². The zero-order chi connectivity index (χ0) is 16.1. The van der Waals surface area contributed by atoms with E-state index in [0.29, 0.717) is 0 Å². The summed E-state index contributed by atoms with van der Waals surface area (Å²) >= 11 is 0. The fraction of sp³-hybridized carbons (Fsp3) is 0.222. The van der Waals surface area contributed by atoms with Gasteiger partial charge in [-0.05, 0) is 30.5 Å². The van der Waals surface area contributed by atoms with Gasteiger partial charge in [-0.25, -0.2) is 4.79 Å². The van der Waals surface area contributed by atoms with E-state index < -0.39 is 5.97 Å². The minimum Gasteiger partial charge on any atom is -0.462 e. The Labute approximate surface area is 129 Å². The van der Waals surface area contributed by atoms with Crippen LogP contribution >= 0.6 is 0 Å². The second kappa shape index (κ2) is 6.77. The molecule has 0 aliphatic heterocycles. The van der Waals surface area contributed by atoms with Crippen LogP contribution in [-0.2, 0) is 16.0 Å². The number of aromatic nitrogens is 1. The van der Waals surface area contributed by atoms with Crippen LogP contribution in [0.25, 0.3) is 23.1 Å². The average Bonchev–Trinajstić information content (AvgIpc) is 2.94. The number of carbonyl (C=O) groups excluding carboxylic acids is 1. The van der Waals surface area contributed by atoms with Crippen molar-refractivity contribution in [2.45, 2.75) is 20.3 Å². The molecular formula is C18H18N2O2. The van der Waals surface area contributed by atoms with Gasteiger partial charge >= 0.3 is 5.97 Å². The number of fused-ring (bicyclic) bond motifs is 1. The second-order valence-electron chi connectivity index (χ2n) is 4.75. The van der Waals surface area contributed by atoms with Crippen LogP contribution in [0.15, 0.2) is 30.5 Å². The Bertz CT molecular complexity index is 791. The number of benzene rings is 1.